The fourth-order valence-electron chi connectivity index (χ4n) is 3.36. The van der Waals surface area contributed by atoms with Crippen LogP contribution in [0.15, 0.2) is 23.7 Å². The average molecular weight is 288 g/mol. The summed E-state index contributed by atoms with van der Waals surface area (Å²) in [5, 5.41) is 5.90. The minimum absolute atomic E-state index is 0.380. The fraction of sp³-hybridized carbons (Fsp3) is 0.588. The predicted octanol–water partition coefficient (Wildman–Crippen LogP) is 4.92. The number of nitrogens with zero attached hydrogens (tertiary/aromatic N) is 1. The van der Waals surface area contributed by atoms with Crippen molar-refractivity contribution in [2.45, 2.75) is 58.0 Å². The number of hydrogen-bond donors (Lipinski definition) is 1. The van der Waals surface area contributed by atoms with Gasteiger partial charge in [0, 0.05) is 18.3 Å². The molecule has 3 rings (SSSR count). The van der Waals surface area contributed by atoms with E-state index in [1.54, 1.807) is 11.3 Å². The molecule has 0 aromatic carbocycles. The minimum atomic E-state index is 0.380. The van der Waals surface area contributed by atoms with Gasteiger partial charge in [0.25, 0.3) is 0 Å². The second-order valence-corrected chi connectivity index (χ2v) is 7.10. The Labute approximate surface area is 125 Å². The smallest absolute Gasteiger partial charge is 0.0809 e. The number of nitrogens with one attached hydrogen (secondary N) is 1. The fourth-order valence-corrected chi connectivity index (χ4v) is 4.15. The Morgan fingerprint density at radius 3 is 2.85 bits per heavy atom. The van der Waals surface area contributed by atoms with Crippen molar-refractivity contribution in [3.63, 3.8) is 0 Å². The zero-order valence-corrected chi connectivity index (χ0v) is 13.2. The van der Waals surface area contributed by atoms with Crippen LogP contribution in [-0.2, 0) is 0 Å². The van der Waals surface area contributed by atoms with Crippen LogP contribution < -0.4 is 5.32 Å². The normalized spacial score (nSPS) is 20.1. The average Bonchev–Trinajstić information content (AvgIpc) is 2.95. The molecule has 20 heavy (non-hydrogen) atoms. The molecule has 0 bridgehead atoms. The molecule has 1 aliphatic rings. The largest absolute Gasteiger partial charge is 0.307 e. The van der Waals surface area contributed by atoms with Crippen LogP contribution in [0, 0.1) is 5.92 Å². The van der Waals surface area contributed by atoms with Gasteiger partial charge in [-0.15, -0.1) is 11.3 Å². The van der Waals surface area contributed by atoms with Crippen molar-refractivity contribution in [1.82, 2.24) is 10.3 Å². The van der Waals surface area contributed by atoms with Gasteiger partial charge in [0.15, 0.2) is 0 Å². The molecule has 1 aliphatic carbocycles. The Kier molecular flexibility index (Phi) is 4.37. The van der Waals surface area contributed by atoms with Crippen molar-refractivity contribution in [3.8, 4) is 0 Å². The van der Waals surface area contributed by atoms with Gasteiger partial charge in [0.05, 0.1) is 10.2 Å². The molecule has 3 heteroatoms. The van der Waals surface area contributed by atoms with E-state index >= 15 is 0 Å². The van der Waals surface area contributed by atoms with Gasteiger partial charge in [-0.25, -0.2) is 0 Å². The summed E-state index contributed by atoms with van der Waals surface area (Å²) >= 11 is 1.78. The highest BCUT2D eigenvalue weighted by Gasteiger charge is 2.21. The number of rotatable bonds is 4. The zero-order chi connectivity index (χ0) is 13.9. The maximum atomic E-state index is 4.55. The maximum Gasteiger partial charge on any atom is 0.0809 e. The molecule has 1 fully saturated rings. The van der Waals surface area contributed by atoms with E-state index in [0.29, 0.717) is 12.1 Å². The molecule has 2 unspecified atom stereocenters. The Morgan fingerprint density at radius 2 is 2.05 bits per heavy atom. The third kappa shape index (κ3) is 3.04. The molecule has 0 spiro atoms. The summed E-state index contributed by atoms with van der Waals surface area (Å²) in [6.45, 7) is 4.61. The van der Waals surface area contributed by atoms with Gasteiger partial charge in [0.1, 0.15) is 0 Å². The topological polar surface area (TPSA) is 24.9 Å². The third-order valence-electron chi connectivity index (χ3n) is 4.69. The van der Waals surface area contributed by atoms with Crippen molar-refractivity contribution >= 4 is 21.6 Å². The molecule has 2 heterocycles. The van der Waals surface area contributed by atoms with Crippen molar-refractivity contribution in [2.24, 2.45) is 5.92 Å². The predicted molar refractivity (Wildman–Crippen MR) is 87.2 cm³/mol. The van der Waals surface area contributed by atoms with E-state index in [9.17, 15) is 0 Å². The molecular weight excluding hydrogens is 264 g/mol. The molecule has 0 aliphatic heterocycles. The molecule has 0 radical (unpaired) electrons. The first-order chi connectivity index (χ1) is 9.74. The monoisotopic (exact) mass is 288 g/mol. The lowest BCUT2D eigenvalue weighted by Gasteiger charge is -2.30. The van der Waals surface area contributed by atoms with E-state index in [-0.39, 0.29) is 0 Å². The molecule has 0 amide bonds. The number of pyridine rings is 1. The third-order valence-corrected chi connectivity index (χ3v) is 5.55. The Bertz CT molecular complexity index is 557. The van der Waals surface area contributed by atoms with Crippen molar-refractivity contribution in [2.75, 3.05) is 0 Å². The summed E-state index contributed by atoms with van der Waals surface area (Å²) in [4.78, 5) is 4.55. The van der Waals surface area contributed by atoms with E-state index in [1.165, 1.54) is 42.4 Å². The number of hydrogen-bond acceptors (Lipinski definition) is 3. The first-order valence-electron chi connectivity index (χ1n) is 7.83. The number of thiophene rings is 1. The lowest BCUT2D eigenvalue weighted by atomic mass is 9.84. The summed E-state index contributed by atoms with van der Waals surface area (Å²) in [6, 6.07) is 5.36. The highest BCUT2D eigenvalue weighted by Crippen LogP contribution is 2.28. The second-order valence-electron chi connectivity index (χ2n) is 6.15. The highest BCUT2D eigenvalue weighted by atomic mass is 32.1. The van der Waals surface area contributed by atoms with Crippen LogP contribution in [0.2, 0.25) is 0 Å². The van der Waals surface area contributed by atoms with Crippen LogP contribution in [0.1, 0.15) is 57.6 Å². The summed E-state index contributed by atoms with van der Waals surface area (Å²) in [5.41, 5.74) is 2.42. The van der Waals surface area contributed by atoms with E-state index in [0.717, 1.165) is 11.4 Å². The van der Waals surface area contributed by atoms with Crippen LogP contribution in [0.25, 0.3) is 10.2 Å². The minimum Gasteiger partial charge on any atom is -0.307 e. The van der Waals surface area contributed by atoms with E-state index in [2.05, 4.69) is 41.7 Å². The van der Waals surface area contributed by atoms with Crippen LogP contribution in [0.5, 0.6) is 0 Å². The van der Waals surface area contributed by atoms with Gasteiger partial charge in [0.2, 0.25) is 0 Å². The Morgan fingerprint density at radius 1 is 1.25 bits per heavy atom. The SMILES string of the molecule is CC(NC(C)C1CCCCC1)c1cnc2ccsc2c1. The van der Waals surface area contributed by atoms with Gasteiger partial charge in [-0.3, -0.25) is 4.98 Å². The summed E-state index contributed by atoms with van der Waals surface area (Å²) in [6.07, 6.45) is 9.06. The van der Waals surface area contributed by atoms with E-state index < -0.39 is 0 Å². The van der Waals surface area contributed by atoms with Crippen LogP contribution >= 0.6 is 11.3 Å². The van der Waals surface area contributed by atoms with Crippen LogP contribution in [0.3, 0.4) is 0 Å². The van der Waals surface area contributed by atoms with E-state index in [4.69, 9.17) is 0 Å². The van der Waals surface area contributed by atoms with Gasteiger partial charge in [-0.05, 0) is 55.7 Å². The zero-order valence-electron chi connectivity index (χ0n) is 12.4. The summed E-state index contributed by atoms with van der Waals surface area (Å²) < 4.78 is 1.29. The molecule has 108 valence electrons. The molecule has 0 saturated heterocycles. The molecule has 2 aromatic heterocycles. The van der Waals surface area contributed by atoms with Gasteiger partial charge >= 0.3 is 0 Å². The molecule has 1 N–H and O–H groups in total. The quantitative estimate of drug-likeness (QED) is 0.864. The lowest BCUT2D eigenvalue weighted by Crippen LogP contribution is -2.36. The van der Waals surface area contributed by atoms with Crippen LogP contribution in [-0.4, -0.2) is 11.0 Å². The number of fused-ring (bicyclic) bond motifs is 1. The maximum absolute atomic E-state index is 4.55. The molecule has 2 atom stereocenters. The van der Waals surface area contributed by atoms with Crippen LogP contribution in [0.4, 0.5) is 0 Å². The Balaban J connectivity index is 1.66. The second kappa shape index (κ2) is 6.23. The van der Waals surface area contributed by atoms with Gasteiger partial charge in [-0.2, -0.15) is 0 Å². The molecular formula is C17H24N2S. The van der Waals surface area contributed by atoms with Crippen molar-refractivity contribution in [1.29, 1.82) is 0 Å². The summed E-state index contributed by atoms with van der Waals surface area (Å²) in [5.74, 6) is 0.852. The van der Waals surface area contributed by atoms with Gasteiger partial charge < -0.3 is 5.32 Å². The number of aromatic nitrogens is 1. The molecule has 2 nitrogen and oxygen atoms in total. The van der Waals surface area contributed by atoms with Crippen molar-refractivity contribution in [3.05, 3.63) is 29.3 Å². The lowest BCUT2D eigenvalue weighted by molar-refractivity contribution is 0.268. The molecule has 2 aromatic rings. The summed E-state index contributed by atoms with van der Waals surface area (Å²) in [7, 11) is 0. The molecule has 1 saturated carbocycles. The van der Waals surface area contributed by atoms with Crippen molar-refractivity contribution < 1.29 is 0 Å². The van der Waals surface area contributed by atoms with E-state index in [1.807, 2.05) is 6.20 Å². The van der Waals surface area contributed by atoms with Gasteiger partial charge in [-0.1, -0.05) is 19.3 Å². The Hall–Kier alpha value is -0.930. The standard InChI is InChI=1S/C17H24N2S/c1-12(14-6-4-3-5-7-14)19-13(2)15-10-17-16(18-11-15)8-9-20-17/h8-14,19H,3-7H2,1-2H3. The first-order valence-corrected chi connectivity index (χ1v) is 8.71. The first kappa shape index (κ1) is 14.0. The highest BCUT2D eigenvalue weighted by molar-refractivity contribution is 7.17.